The maximum absolute atomic E-state index is 6.32. The second-order valence-electron chi connectivity index (χ2n) is 5.40. The van der Waals surface area contributed by atoms with Crippen LogP contribution in [0, 0.1) is 0 Å². The minimum absolute atomic E-state index is 0.476. The number of nitrogen functional groups attached to an aromatic ring is 1. The highest BCUT2D eigenvalue weighted by molar-refractivity contribution is 7.98. The third-order valence-electron chi connectivity index (χ3n) is 3.64. The van der Waals surface area contributed by atoms with E-state index in [0.29, 0.717) is 52.2 Å². The predicted octanol–water partition coefficient (Wildman–Crippen LogP) is 3.36. The zero-order valence-electron chi connectivity index (χ0n) is 13.1. The van der Waals surface area contributed by atoms with E-state index in [4.69, 9.17) is 31.3 Å². The summed E-state index contributed by atoms with van der Waals surface area (Å²) in [6.07, 6.45) is 2.40. The molecule has 9 heteroatoms. The van der Waals surface area contributed by atoms with E-state index >= 15 is 0 Å². The molecule has 0 amide bonds. The van der Waals surface area contributed by atoms with Crippen molar-refractivity contribution in [1.82, 2.24) is 14.9 Å². The molecule has 4 rings (SSSR count). The van der Waals surface area contributed by atoms with Crippen LogP contribution in [0.15, 0.2) is 40.1 Å². The summed E-state index contributed by atoms with van der Waals surface area (Å²) in [6.45, 7) is 1.22. The Bertz CT molecular complexity index is 882. The van der Waals surface area contributed by atoms with Gasteiger partial charge in [0.25, 0.3) is 0 Å². The van der Waals surface area contributed by atoms with E-state index in [1.54, 1.807) is 18.4 Å². The molecule has 0 atom stereocenters. The molecule has 25 heavy (non-hydrogen) atoms. The Morgan fingerprint density at radius 2 is 2.12 bits per heavy atom. The molecule has 130 valence electrons. The standard InChI is InChI=1S/C16H15ClN4O3S/c17-11-7-10(8-13-14(11)24-6-2-5-23-13)9-25-16-20-19-15(21(16)18)12-3-1-4-22-12/h1,3-4,7-8H,2,5-6,9,18H2. The van der Waals surface area contributed by atoms with E-state index in [1.807, 2.05) is 12.1 Å². The van der Waals surface area contributed by atoms with Crippen LogP contribution in [0.4, 0.5) is 0 Å². The molecule has 0 radical (unpaired) electrons. The Hall–Kier alpha value is -2.32. The molecule has 3 aromatic rings. The summed E-state index contributed by atoms with van der Waals surface area (Å²) in [7, 11) is 0. The second kappa shape index (κ2) is 6.89. The minimum Gasteiger partial charge on any atom is -0.489 e. The highest BCUT2D eigenvalue weighted by Crippen LogP contribution is 2.39. The molecule has 7 nitrogen and oxygen atoms in total. The van der Waals surface area contributed by atoms with Crippen molar-refractivity contribution in [3.63, 3.8) is 0 Å². The number of furan rings is 1. The van der Waals surface area contributed by atoms with Crippen LogP contribution in [-0.2, 0) is 5.75 Å². The van der Waals surface area contributed by atoms with Gasteiger partial charge in [-0.1, -0.05) is 23.4 Å². The lowest BCUT2D eigenvalue weighted by Crippen LogP contribution is -2.11. The van der Waals surface area contributed by atoms with Gasteiger partial charge < -0.3 is 19.7 Å². The zero-order chi connectivity index (χ0) is 17.2. The predicted molar refractivity (Wildman–Crippen MR) is 94.5 cm³/mol. The van der Waals surface area contributed by atoms with Gasteiger partial charge >= 0.3 is 0 Å². The van der Waals surface area contributed by atoms with Crippen molar-refractivity contribution in [3.8, 4) is 23.1 Å². The third kappa shape index (κ3) is 3.27. The van der Waals surface area contributed by atoms with E-state index < -0.39 is 0 Å². The topological polar surface area (TPSA) is 88.3 Å². The number of hydrogen-bond donors (Lipinski definition) is 1. The van der Waals surface area contributed by atoms with Crippen molar-refractivity contribution in [3.05, 3.63) is 41.1 Å². The van der Waals surface area contributed by atoms with Gasteiger partial charge in [-0.3, -0.25) is 0 Å². The fourth-order valence-corrected chi connectivity index (χ4v) is 3.54. The molecule has 3 heterocycles. The summed E-state index contributed by atoms with van der Waals surface area (Å²) in [5.41, 5.74) is 0.988. The lowest BCUT2D eigenvalue weighted by molar-refractivity contribution is 0.297. The average molecular weight is 379 g/mol. The fourth-order valence-electron chi connectivity index (χ4n) is 2.46. The summed E-state index contributed by atoms with van der Waals surface area (Å²) < 4.78 is 18.1. The van der Waals surface area contributed by atoms with Gasteiger partial charge in [0.1, 0.15) is 0 Å². The first kappa shape index (κ1) is 16.2. The van der Waals surface area contributed by atoms with Gasteiger partial charge in [0, 0.05) is 12.2 Å². The maximum atomic E-state index is 6.32. The van der Waals surface area contributed by atoms with Crippen molar-refractivity contribution in [2.45, 2.75) is 17.3 Å². The number of hydrogen-bond acceptors (Lipinski definition) is 7. The van der Waals surface area contributed by atoms with Crippen molar-refractivity contribution in [1.29, 1.82) is 0 Å². The number of thioether (sulfide) groups is 1. The van der Waals surface area contributed by atoms with E-state index in [-0.39, 0.29) is 0 Å². The second-order valence-corrected chi connectivity index (χ2v) is 6.75. The molecule has 0 saturated heterocycles. The van der Waals surface area contributed by atoms with Crippen molar-refractivity contribution in [2.75, 3.05) is 19.1 Å². The number of rotatable bonds is 4. The molecule has 0 spiro atoms. The van der Waals surface area contributed by atoms with Crippen LogP contribution < -0.4 is 15.3 Å². The van der Waals surface area contributed by atoms with Crippen molar-refractivity contribution in [2.24, 2.45) is 0 Å². The third-order valence-corrected chi connectivity index (χ3v) is 4.93. The molecular weight excluding hydrogens is 364 g/mol. The Kier molecular flexibility index (Phi) is 4.46. The highest BCUT2D eigenvalue weighted by atomic mass is 35.5. The molecule has 1 aliphatic heterocycles. The number of halogens is 1. The van der Waals surface area contributed by atoms with Crippen molar-refractivity contribution >= 4 is 23.4 Å². The molecule has 1 aliphatic rings. The van der Waals surface area contributed by atoms with E-state index in [1.165, 1.54) is 16.4 Å². The number of benzene rings is 1. The van der Waals surface area contributed by atoms with Gasteiger partial charge in [0.15, 0.2) is 17.3 Å². The summed E-state index contributed by atoms with van der Waals surface area (Å²) in [4.78, 5) is 0. The van der Waals surface area contributed by atoms with Crippen LogP contribution in [0.2, 0.25) is 5.02 Å². The van der Waals surface area contributed by atoms with Crippen LogP contribution >= 0.6 is 23.4 Å². The van der Waals surface area contributed by atoms with Crippen LogP contribution in [0.5, 0.6) is 11.5 Å². The first-order valence-electron chi connectivity index (χ1n) is 7.67. The van der Waals surface area contributed by atoms with Crippen LogP contribution in [0.3, 0.4) is 0 Å². The smallest absolute Gasteiger partial charge is 0.218 e. The van der Waals surface area contributed by atoms with Gasteiger partial charge in [-0.25, -0.2) is 4.68 Å². The Labute approximate surface area is 153 Å². The first-order chi connectivity index (χ1) is 12.2. The zero-order valence-corrected chi connectivity index (χ0v) is 14.7. The quantitative estimate of drug-likeness (QED) is 0.550. The first-order valence-corrected chi connectivity index (χ1v) is 9.04. The molecule has 0 fully saturated rings. The molecule has 2 aromatic heterocycles. The number of fused-ring (bicyclic) bond motifs is 1. The summed E-state index contributed by atoms with van der Waals surface area (Å²) >= 11 is 7.77. The van der Waals surface area contributed by atoms with Crippen LogP contribution in [-0.4, -0.2) is 28.1 Å². The normalized spacial score (nSPS) is 13.6. The Morgan fingerprint density at radius 3 is 2.96 bits per heavy atom. The maximum Gasteiger partial charge on any atom is 0.218 e. The molecule has 1 aromatic carbocycles. The molecular formula is C16H15ClN4O3S. The summed E-state index contributed by atoms with van der Waals surface area (Å²) in [5.74, 6) is 9.00. The molecule has 0 bridgehead atoms. The van der Waals surface area contributed by atoms with Crippen molar-refractivity contribution < 1.29 is 13.9 Å². The summed E-state index contributed by atoms with van der Waals surface area (Å²) in [6, 6.07) is 7.36. The monoisotopic (exact) mass is 378 g/mol. The number of nitrogens with zero attached hydrogens (tertiary/aromatic N) is 3. The lowest BCUT2D eigenvalue weighted by atomic mass is 10.2. The van der Waals surface area contributed by atoms with Gasteiger partial charge in [-0.15, -0.1) is 10.2 Å². The average Bonchev–Trinajstić information content (AvgIpc) is 3.17. The van der Waals surface area contributed by atoms with Crippen LogP contribution in [0.1, 0.15) is 12.0 Å². The summed E-state index contributed by atoms with van der Waals surface area (Å²) in [5, 5.41) is 9.31. The van der Waals surface area contributed by atoms with E-state index in [9.17, 15) is 0 Å². The van der Waals surface area contributed by atoms with E-state index in [0.717, 1.165) is 12.0 Å². The number of ether oxygens (including phenoxy) is 2. The highest BCUT2D eigenvalue weighted by Gasteiger charge is 2.17. The van der Waals surface area contributed by atoms with Gasteiger partial charge in [0.05, 0.1) is 24.5 Å². The molecule has 2 N–H and O–H groups in total. The fraction of sp³-hybridized carbons (Fsp3) is 0.250. The van der Waals surface area contributed by atoms with Crippen LogP contribution in [0.25, 0.3) is 11.6 Å². The van der Waals surface area contributed by atoms with E-state index in [2.05, 4.69) is 10.2 Å². The molecule has 0 saturated carbocycles. The number of aromatic nitrogens is 3. The molecule has 0 unspecified atom stereocenters. The lowest BCUT2D eigenvalue weighted by Gasteiger charge is -2.11. The SMILES string of the molecule is Nn1c(SCc2cc(Cl)c3c(c2)OCCCO3)nnc1-c1ccco1. The largest absolute Gasteiger partial charge is 0.489 e. The Balaban J connectivity index is 1.52. The van der Waals surface area contributed by atoms with Gasteiger partial charge in [-0.2, -0.15) is 0 Å². The Morgan fingerprint density at radius 1 is 1.24 bits per heavy atom. The van der Waals surface area contributed by atoms with Gasteiger partial charge in [-0.05, 0) is 29.8 Å². The minimum atomic E-state index is 0.476. The van der Waals surface area contributed by atoms with Gasteiger partial charge in [0.2, 0.25) is 11.0 Å². The number of nitrogens with two attached hydrogens (primary N) is 1. The molecule has 0 aliphatic carbocycles.